The van der Waals surface area contributed by atoms with Gasteiger partial charge in [0, 0.05) is 45.2 Å². The molecule has 0 bridgehead atoms. The van der Waals surface area contributed by atoms with Gasteiger partial charge in [-0.05, 0) is 30.5 Å². The Morgan fingerprint density at radius 3 is 2.68 bits per heavy atom. The number of anilines is 1. The number of benzene rings is 1. The highest BCUT2D eigenvalue weighted by atomic mass is 16.5. The van der Waals surface area contributed by atoms with Gasteiger partial charge in [0.1, 0.15) is 17.4 Å². The van der Waals surface area contributed by atoms with Crippen molar-refractivity contribution in [3.05, 3.63) is 53.4 Å². The molecule has 1 aromatic carbocycles. The lowest BCUT2D eigenvalue weighted by Gasteiger charge is -2.29. The zero-order chi connectivity index (χ0) is 26.4. The topological polar surface area (TPSA) is 100 Å². The van der Waals surface area contributed by atoms with Crippen LogP contribution in [0.3, 0.4) is 0 Å². The molecule has 0 saturated carbocycles. The lowest BCUT2D eigenvalue weighted by atomic mass is 10.1. The number of nitrogens with two attached hydrogens (primary N) is 1. The van der Waals surface area contributed by atoms with Gasteiger partial charge in [0.05, 0.1) is 32.1 Å². The highest BCUT2D eigenvalue weighted by molar-refractivity contribution is 5.90. The highest BCUT2D eigenvalue weighted by Crippen LogP contribution is 2.34. The largest absolute Gasteiger partial charge is 0.398 e. The van der Waals surface area contributed by atoms with Gasteiger partial charge in [0.2, 0.25) is 0 Å². The van der Waals surface area contributed by atoms with Crippen LogP contribution in [-0.2, 0) is 21.3 Å². The summed E-state index contributed by atoms with van der Waals surface area (Å²) >= 11 is 0. The van der Waals surface area contributed by atoms with Crippen molar-refractivity contribution >= 4 is 34.6 Å². The molecule has 0 amide bonds. The van der Waals surface area contributed by atoms with Gasteiger partial charge in [-0.1, -0.05) is 37.6 Å². The number of methoxy groups -OCH3 is 1. The molecule has 1 aliphatic heterocycles. The average Bonchev–Trinajstić information content (AvgIpc) is 3.22. The molecule has 198 valence electrons. The van der Waals surface area contributed by atoms with Crippen LogP contribution in [0.1, 0.15) is 36.9 Å². The molecule has 0 radical (unpaired) electrons. The monoisotopic (exact) mass is 506 g/mol. The molecule has 1 aliphatic rings. The summed E-state index contributed by atoms with van der Waals surface area (Å²) in [5.41, 5.74) is 11.7. The number of aliphatic imine (C=N–C) groups is 1. The second-order valence-corrected chi connectivity index (χ2v) is 9.60. The summed E-state index contributed by atoms with van der Waals surface area (Å²) in [4.78, 5) is 16.9. The molecule has 0 unspecified atom stereocenters. The van der Waals surface area contributed by atoms with E-state index in [-0.39, 0.29) is 12.0 Å². The van der Waals surface area contributed by atoms with Crippen molar-refractivity contribution in [1.29, 1.82) is 0 Å². The van der Waals surface area contributed by atoms with E-state index >= 15 is 0 Å². The van der Waals surface area contributed by atoms with E-state index in [9.17, 15) is 0 Å². The number of allylic oxidation sites excluding steroid dienone is 1. The van der Waals surface area contributed by atoms with E-state index in [1.54, 1.807) is 13.3 Å². The van der Waals surface area contributed by atoms with Crippen molar-refractivity contribution < 1.29 is 14.2 Å². The summed E-state index contributed by atoms with van der Waals surface area (Å²) in [5.74, 6) is 1.66. The number of aromatic nitrogens is 3. The van der Waals surface area contributed by atoms with Gasteiger partial charge in [-0.3, -0.25) is 0 Å². The summed E-state index contributed by atoms with van der Waals surface area (Å²) in [6.45, 7) is 10.3. The molecule has 1 fully saturated rings. The fourth-order valence-corrected chi connectivity index (χ4v) is 4.44. The Bertz CT molecular complexity index is 1260. The normalized spacial score (nSPS) is 15.8. The maximum Gasteiger partial charge on any atom is 0.164 e. The van der Waals surface area contributed by atoms with Crippen LogP contribution in [0.25, 0.3) is 16.9 Å². The van der Waals surface area contributed by atoms with Crippen LogP contribution < -0.4 is 10.6 Å². The summed E-state index contributed by atoms with van der Waals surface area (Å²) in [5, 5.41) is 0. The summed E-state index contributed by atoms with van der Waals surface area (Å²) in [6.07, 6.45) is 3.33. The van der Waals surface area contributed by atoms with Crippen molar-refractivity contribution in [3.8, 4) is 0 Å². The number of rotatable bonds is 10. The lowest BCUT2D eigenvalue weighted by Crippen LogP contribution is -2.36. The van der Waals surface area contributed by atoms with Crippen LogP contribution in [0.15, 0.2) is 41.4 Å². The molecule has 1 atom stereocenters. The molecule has 9 nitrogen and oxygen atoms in total. The maximum atomic E-state index is 6.29. The Hall–Kier alpha value is -3.27. The number of ether oxygens (including phenoxy) is 3. The standard InChI is InChI=1S/C28H38N6O3/c1-19(2)26(37-16-15-35-5)28-32-25-23(34-11-13-36-14-12-34)18-24(31-27(25)33(28)4)30-10-9-22(29)21-8-6-7-20(3)17-21/h6-10,17-19,26H,11-16,29H2,1-5H3/b22-9-,30-10?/t26-/m0/s1. The first-order valence-corrected chi connectivity index (χ1v) is 12.8. The van der Waals surface area contributed by atoms with Gasteiger partial charge in [0.25, 0.3) is 0 Å². The zero-order valence-electron chi connectivity index (χ0n) is 22.5. The van der Waals surface area contributed by atoms with Crippen molar-refractivity contribution in [2.45, 2.75) is 26.9 Å². The van der Waals surface area contributed by atoms with E-state index < -0.39 is 0 Å². The Kier molecular flexibility index (Phi) is 8.91. The van der Waals surface area contributed by atoms with E-state index in [1.165, 1.54) is 0 Å². The molecule has 1 saturated heterocycles. The van der Waals surface area contributed by atoms with E-state index in [1.807, 2.05) is 48.9 Å². The minimum atomic E-state index is -0.184. The van der Waals surface area contributed by atoms with Gasteiger partial charge in [-0.15, -0.1) is 0 Å². The summed E-state index contributed by atoms with van der Waals surface area (Å²) < 4.78 is 19.0. The zero-order valence-corrected chi connectivity index (χ0v) is 22.5. The van der Waals surface area contributed by atoms with Crippen molar-refractivity contribution in [1.82, 2.24) is 14.5 Å². The first kappa shape index (κ1) is 26.8. The predicted molar refractivity (Wildman–Crippen MR) is 148 cm³/mol. The fourth-order valence-electron chi connectivity index (χ4n) is 4.44. The van der Waals surface area contributed by atoms with Gasteiger partial charge in [0.15, 0.2) is 11.5 Å². The van der Waals surface area contributed by atoms with Crippen LogP contribution in [-0.4, -0.2) is 67.4 Å². The molecular weight excluding hydrogens is 468 g/mol. The molecule has 3 aromatic rings. The Labute approximate surface area is 219 Å². The highest BCUT2D eigenvalue weighted by Gasteiger charge is 2.26. The van der Waals surface area contributed by atoms with Crippen LogP contribution in [0.2, 0.25) is 0 Å². The number of hydrogen-bond donors (Lipinski definition) is 1. The lowest BCUT2D eigenvalue weighted by molar-refractivity contribution is -0.0126. The van der Waals surface area contributed by atoms with Crippen LogP contribution in [0, 0.1) is 12.8 Å². The van der Waals surface area contributed by atoms with Crippen LogP contribution in [0.4, 0.5) is 11.5 Å². The van der Waals surface area contributed by atoms with Gasteiger partial charge >= 0.3 is 0 Å². The van der Waals surface area contributed by atoms with Gasteiger partial charge in [-0.2, -0.15) is 0 Å². The number of hydrogen-bond acceptors (Lipinski definition) is 8. The number of morpholine rings is 1. The molecular formula is C28H38N6O3. The number of aryl methyl sites for hydroxylation is 2. The second-order valence-electron chi connectivity index (χ2n) is 9.60. The molecule has 0 aliphatic carbocycles. The quantitative estimate of drug-likeness (QED) is 0.325. The van der Waals surface area contributed by atoms with E-state index in [4.69, 9.17) is 29.9 Å². The van der Waals surface area contributed by atoms with E-state index in [2.05, 4.69) is 29.8 Å². The number of nitrogens with zero attached hydrogens (tertiary/aromatic N) is 5. The molecule has 2 aromatic heterocycles. The third-order valence-corrected chi connectivity index (χ3v) is 6.44. The second kappa shape index (κ2) is 12.3. The minimum absolute atomic E-state index is 0.184. The first-order valence-electron chi connectivity index (χ1n) is 12.8. The molecule has 4 rings (SSSR count). The average molecular weight is 507 g/mol. The summed E-state index contributed by atoms with van der Waals surface area (Å²) in [7, 11) is 3.66. The van der Waals surface area contributed by atoms with E-state index in [0.29, 0.717) is 37.9 Å². The third-order valence-electron chi connectivity index (χ3n) is 6.44. The van der Waals surface area contributed by atoms with Crippen molar-refractivity contribution in [2.24, 2.45) is 23.7 Å². The molecule has 9 heteroatoms. The molecule has 3 heterocycles. The number of pyridine rings is 1. The van der Waals surface area contributed by atoms with E-state index in [0.717, 1.165) is 46.9 Å². The molecule has 2 N–H and O–H groups in total. The van der Waals surface area contributed by atoms with Gasteiger partial charge < -0.3 is 29.4 Å². The Morgan fingerprint density at radius 1 is 1.19 bits per heavy atom. The first-order chi connectivity index (χ1) is 17.9. The Morgan fingerprint density at radius 2 is 1.97 bits per heavy atom. The SMILES string of the molecule is COCCO[C@H](c1nc2c(N3CCOCC3)cc(N=C/C=C(\N)c3cccc(C)c3)nc2n1C)C(C)C. The number of imidazole rings is 1. The smallest absolute Gasteiger partial charge is 0.164 e. The van der Waals surface area contributed by atoms with Crippen molar-refractivity contribution in [2.75, 3.05) is 51.5 Å². The molecule has 37 heavy (non-hydrogen) atoms. The Balaban J connectivity index is 1.73. The van der Waals surface area contributed by atoms with Gasteiger partial charge in [-0.25, -0.2) is 15.0 Å². The summed E-state index contributed by atoms with van der Waals surface area (Å²) in [6, 6.07) is 10.1. The minimum Gasteiger partial charge on any atom is -0.398 e. The van der Waals surface area contributed by atoms with Crippen molar-refractivity contribution in [3.63, 3.8) is 0 Å². The third kappa shape index (κ3) is 6.36. The van der Waals surface area contributed by atoms with Crippen LogP contribution >= 0.6 is 0 Å². The van der Waals surface area contributed by atoms with Crippen LogP contribution in [0.5, 0.6) is 0 Å². The predicted octanol–water partition coefficient (Wildman–Crippen LogP) is 4.18. The number of fused-ring (bicyclic) bond motifs is 1. The molecule has 0 spiro atoms. The fraction of sp³-hybridized carbons (Fsp3) is 0.464. The maximum absolute atomic E-state index is 6.29.